The second-order valence-electron chi connectivity index (χ2n) is 3.90. The highest BCUT2D eigenvalue weighted by Crippen LogP contribution is 2.16. The van der Waals surface area contributed by atoms with Crippen LogP contribution in [-0.2, 0) is 0 Å². The normalized spacial score (nSPS) is 10.1. The minimum absolute atomic E-state index is 0.462. The lowest BCUT2D eigenvalue weighted by atomic mass is 10.2. The zero-order chi connectivity index (χ0) is 12.0. The summed E-state index contributed by atoms with van der Waals surface area (Å²) in [6, 6.07) is 8.19. The summed E-state index contributed by atoms with van der Waals surface area (Å²) in [6.07, 6.45) is 2.33. The Labute approximate surface area is 103 Å². The highest BCUT2D eigenvalue weighted by atomic mass is 32.1. The summed E-state index contributed by atoms with van der Waals surface area (Å²) in [7, 11) is 0. The molecule has 0 aromatic heterocycles. The van der Waals surface area contributed by atoms with Crippen molar-refractivity contribution in [1.29, 1.82) is 0 Å². The van der Waals surface area contributed by atoms with Crippen LogP contribution in [0.5, 0.6) is 0 Å². The van der Waals surface area contributed by atoms with Crippen LogP contribution < -0.4 is 10.6 Å². The minimum atomic E-state index is 0.462. The first-order valence-corrected chi connectivity index (χ1v) is 6.24. The molecule has 2 N–H and O–H groups in total. The molecule has 3 heteroatoms. The van der Waals surface area contributed by atoms with Crippen molar-refractivity contribution in [3.63, 3.8) is 0 Å². The van der Waals surface area contributed by atoms with Gasteiger partial charge in [-0.05, 0) is 37.1 Å². The van der Waals surface area contributed by atoms with Crippen molar-refractivity contribution in [2.45, 2.75) is 26.7 Å². The highest BCUT2D eigenvalue weighted by molar-refractivity contribution is 7.80. The van der Waals surface area contributed by atoms with Gasteiger partial charge in [0, 0.05) is 24.3 Å². The first-order valence-electron chi connectivity index (χ1n) is 5.83. The van der Waals surface area contributed by atoms with Gasteiger partial charge in [0.25, 0.3) is 0 Å². The van der Waals surface area contributed by atoms with E-state index in [1.807, 2.05) is 12.1 Å². The molecule has 1 aromatic rings. The van der Waals surface area contributed by atoms with Crippen molar-refractivity contribution in [1.82, 2.24) is 0 Å². The van der Waals surface area contributed by atoms with E-state index in [9.17, 15) is 0 Å². The molecular formula is C13H20N2S. The standard InChI is InChI=1S/C13H20N2S/c1-3-9-15(10-4-2)12-7-5-11(6-8-12)13(14)16/h5-8H,3-4,9-10H2,1-2H3,(H2,14,16). The molecule has 1 aromatic carbocycles. The van der Waals surface area contributed by atoms with Gasteiger partial charge in [-0.3, -0.25) is 0 Å². The molecule has 16 heavy (non-hydrogen) atoms. The van der Waals surface area contributed by atoms with Gasteiger partial charge in [0.1, 0.15) is 4.99 Å². The average molecular weight is 236 g/mol. The van der Waals surface area contributed by atoms with Crippen molar-refractivity contribution in [3.8, 4) is 0 Å². The molecule has 1 rings (SSSR count). The van der Waals surface area contributed by atoms with Crippen LogP contribution in [0.2, 0.25) is 0 Å². The Morgan fingerprint density at radius 1 is 1.12 bits per heavy atom. The van der Waals surface area contributed by atoms with Crippen molar-refractivity contribution in [2.24, 2.45) is 5.73 Å². The lowest BCUT2D eigenvalue weighted by molar-refractivity contribution is 0.745. The van der Waals surface area contributed by atoms with Gasteiger partial charge in [0.2, 0.25) is 0 Å². The Morgan fingerprint density at radius 3 is 2.00 bits per heavy atom. The molecular weight excluding hydrogens is 216 g/mol. The summed E-state index contributed by atoms with van der Waals surface area (Å²) in [5.74, 6) is 0. The Hall–Kier alpha value is -1.09. The molecule has 0 saturated carbocycles. The van der Waals surface area contributed by atoms with Crippen LogP contribution in [0.1, 0.15) is 32.3 Å². The van der Waals surface area contributed by atoms with Crippen molar-refractivity contribution < 1.29 is 0 Å². The first kappa shape index (κ1) is 13.0. The van der Waals surface area contributed by atoms with Crippen LogP contribution in [-0.4, -0.2) is 18.1 Å². The van der Waals surface area contributed by atoms with Gasteiger partial charge >= 0.3 is 0 Å². The molecule has 0 radical (unpaired) electrons. The summed E-state index contributed by atoms with van der Waals surface area (Å²) >= 11 is 4.94. The van der Waals surface area contributed by atoms with Gasteiger partial charge in [-0.1, -0.05) is 26.1 Å². The van der Waals surface area contributed by atoms with Gasteiger partial charge in [-0.2, -0.15) is 0 Å². The van der Waals surface area contributed by atoms with E-state index in [4.69, 9.17) is 18.0 Å². The maximum Gasteiger partial charge on any atom is 0.103 e. The van der Waals surface area contributed by atoms with Gasteiger partial charge < -0.3 is 10.6 Å². The minimum Gasteiger partial charge on any atom is -0.389 e. The Morgan fingerprint density at radius 2 is 1.62 bits per heavy atom. The zero-order valence-electron chi connectivity index (χ0n) is 10.1. The van der Waals surface area contributed by atoms with E-state index in [1.165, 1.54) is 5.69 Å². The third-order valence-electron chi connectivity index (χ3n) is 2.50. The fourth-order valence-electron chi connectivity index (χ4n) is 1.75. The van der Waals surface area contributed by atoms with Crippen LogP contribution in [0.4, 0.5) is 5.69 Å². The monoisotopic (exact) mass is 236 g/mol. The lowest BCUT2D eigenvalue weighted by Gasteiger charge is -2.23. The lowest BCUT2D eigenvalue weighted by Crippen LogP contribution is -2.24. The molecule has 2 nitrogen and oxygen atoms in total. The topological polar surface area (TPSA) is 29.3 Å². The van der Waals surface area contributed by atoms with E-state index in [0.717, 1.165) is 31.5 Å². The number of hydrogen-bond donors (Lipinski definition) is 1. The SMILES string of the molecule is CCCN(CCC)c1ccc(C(N)=S)cc1. The molecule has 0 atom stereocenters. The van der Waals surface area contributed by atoms with Crippen molar-refractivity contribution in [3.05, 3.63) is 29.8 Å². The van der Waals surface area contributed by atoms with Crippen LogP contribution >= 0.6 is 12.2 Å². The van der Waals surface area contributed by atoms with Gasteiger partial charge in [0.05, 0.1) is 0 Å². The van der Waals surface area contributed by atoms with E-state index in [2.05, 4.69) is 30.9 Å². The number of nitrogens with zero attached hydrogens (tertiary/aromatic N) is 1. The Balaban J connectivity index is 2.80. The molecule has 0 heterocycles. The third kappa shape index (κ3) is 3.49. The summed E-state index contributed by atoms with van der Waals surface area (Å²) in [5, 5.41) is 0. The summed E-state index contributed by atoms with van der Waals surface area (Å²) in [6.45, 7) is 6.60. The first-order chi connectivity index (χ1) is 7.69. The van der Waals surface area contributed by atoms with E-state index < -0.39 is 0 Å². The van der Waals surface area contributed by atoms with Crippen LogP contribution in [0.15, 0.2) is 24.3 Å². The molecule has 0 aliphatic heterocycles. The molecule has 0 aliphatic carbocycles. The molecule has 0 aliphatic rings. The zero-order valence-corrected chi connectivity index (χ0v) is 10.9. The molecule has 0 bridgehead atoms. The molecule has 0 spiro atoms. The second-order valence-corrected chi connectivity index (χ2v) is 4.34. The number of thiocarbonyl (C=S) groups is 1. The largest absolute Gasteiger partial charge is 0.389 e. The van der Waals surface area contributed by atoms with Crippen LogP contribution in [0, 0.1) is 0 Å². The van der Waals surface area contributed by atoms with Gasteiger partial charge in [0.15, 0.2) is 0 Å². The Bertz CT molecular complexity index is 326. The Kier molecular flexibility index (Phi) is 5.26. The fraction of sp³-hybridized carbons (Fsp3) is 0.462. The number of nitrogens with two attached hydrogens (primary N) is 1. The van der Waals surface area contributed by atoms with Gasteiger partial charge in [-0.25, -0.2) is 0 Å². The summed E-state index contributed by atoms with van der Waals surface area (Å²) < 4.78 is 0. The molecule has 0 fully saturated rings. The number of rotatable bonds is 6. The van der Waals surface area contributed by atoms with Crippen molar-refractivity contribution in [2.75, 3.05) is 18.0 Å². The number of hydrogen-bond acceptors (Lipinski definition) is 2. The number of benzene rings is 1. The third-order valence-corrected chi connectivity index (χ3v) is 2.74. The predicted octanol–water partition coefficient (Wildman–Crippen LogP) is 2.95. The molecule has 0 unspecified atom stereocenters. The molecule has 0 saturated heterocycles. The average Bonchev–Trinajstić information content (AvgIpc) is 2.29. The fourth-order valence-corrected chi connectivity index (χ4v) is 1.88. The van der Waals surface area contributed by atoms with Crippen LogP contribution in [0.3, 0.4) is 0 Å². The van der Waals surface area contributed by atoms with E-state index >= 15 is 0 Å². The molecule has 0 amide bonds. The van der Waals surface area contributed by atoms with E-state index in [0.29, 0.717) is 4.99 Å². The van der Waals surface area contributed by atoms with E-state index in [1.54, 1.807) is 0 Å². The summed E-state index contributed by atoms with van der Waals surface area (Å²) in [5.41, 5.74) is 7.77. The number of anilines is 1. The van der Waals surface area contributed by atoms with Gasteiger partial charge in [-0.15, -0.1) is 0 Å². The maximum atomic E-state index is 5.58. The highest BCUT2D eigenvalue weighted by Gasteiger charge is 2.04. The van der Waals surface area contributed by atoms with E-state index in [-0.39, 0.29) is 0 Å². The smallest absolute Gasteiger partial charge is 0.103 e. The molecule has 88 valence electrons. The maximum absolute atomic E-state index is 5.58. The van der Waals surface area contributed by atoms with Crippen molar-refractivity contribution >= 4 is 22.9 Å². The predicted molar refractivity (Wildman–Crippen MR) is 75.1 cm³/mol. The quantitative estimate of drug-likeness (QED) is 0.770. The van der Waals surface area contributed by atoms with Crippen LogP contribution in [0.25, 0.3) is 0 Å². The summed E-state index contributed by atoms with van der Waals surface area (Å²) in [4.78, 5) is 2.85. The second kappa shape index (κ2) is 6.48.